The predicted octanol–water partition coefficient (Wildman–Crippen LogP) is 2.01. The minimum atomic E-state index is 0.856. The summed E-state index contributed by atoms with van der Waals surface area (Å²) >= 11 is 0. The quantitative estimate of drug-likeness (QED) is 0.659. The van der Waals surface area contributed by atoms with Gasteiger partial charge in [-0.15, -0.1) is 9.24 Å². The fraction of sp³-hybridized carbons (Fsp3) is 0.455. The number of hydrogen-bond donors (Lipinski definition) is 0. The fourth-order valence-corrected chi connectivity index (χ4v) is 1.46. The van der Waals surface area contributed by atoms with Gasteiger partial charge in [0.05, 0.1) is 13.2 Å². The van der Waals surface area contributed by atoms with Crippen LogP contribution in [0, 0.1) is 0 Å². The van der Waals surface area contributed by atoms with Crippen LogP contribution in [0.1, 0.15) is 0 Å². The first-order chi connectivity index (χ1) is 6.97. The molecule has 1 heterocycles. The first kappa shape index (κ1) is 11.5. The molecule has 3 heteroatoms. The van der Waals surface area contributed by atoms with Crippen molar-refractivity contribution in [2.45, 2.75) is 0 Å². The third-order valence-electron chi connectivity index (χ3n) is 2.13. The molecular formula is C11H18NOP. The Labute approximate surface area is 88.5 Å². The lowest BCUT2D eigenvalue weighted by Gasteiger charge is -2.28. The molecule has 0 N–H and O–H groups in total. The smallest absolute Gasteiger partial charge is 0.0642 e. The summed E-state index contributed by atoms with van der Waals surface area (Å²) in [5.41, 5.74) is 1.31. The number of ether oxygens (including phenoxy) is 1. The Bertz CT molecular complexity index is 234. The molecule has 1 aliphatic heterocycles. The fourth-order valence-electron chi connectivity index (χ4n) is 1.46. The van der Waals surface area contributed by atoms with Crippen LogP contribution in [0.4, 0.5) is 5.69 Å². The van der Waals surface area contributed by atoms with Crippen LogP contribution < -0.4 is 4.90 Å². The van der Waals surface area contributed by atoms with E-state index in [2.05, 4.69) is 38.4 Å². The van der Waals surface area contributed by atoms with E-state index in [9.17, 15) is 0 Å². The van der Waals surface area contributed by atoms with E-state index in [1.807, 2.05) is 12.7 Å². The van der Waals surface area contributed by atoms with E-state index in [0.717, 1.165) is 26.3 Å². The second-order valence-corrected chi connectivity index (χ2v) is 2.93. The van der Waals surface area contributed by atoms with Crippen molar-refractivity contribution in [3.05, 3.63) is 30.3 Å². The molecule has 1 aliphatic rings. The Hall–Kier alpha value is -0.590. The lowest BCUT2D eigenvalue weighted by Crippen LogP contribution is -2.36. The van der Waals surface area contributed by atoms with Gasteiger partial charge in [-0.1, -0.05) is 24.9 Å². The minimum Gasteiger partial charge on any atom is -0.378 e. The number of para-hydroxylation sites is 1. The topological polar surface area (TPSA) is 12.5 Å². The molecule has 1 saturated heterocycles. The van der Waals surface area contributed by atoms with Gasteiger partial charge in [0, 0.05) is 18.8 Å². The third kappa shape index (κ3) is 3.28. The molecule has 1 aromatic carbocycles. The van der Waals surface area contributed by atoms with E-state index in [1.165, 1.54) is 5.69 Å². The zero-order valence-corrected chi connectivity index (χ0v) is 9.80. The Kier molecular flexibility index (Phi) is 5.58. The van der Waals surface area contributed by atoms with E-state index in [4.69, 9.17) is 4.74 Å². The molecule has 0 radical (unpaired) electrons. The predicted molar refractivity (Wildman–Crippen MR) is 65.1 cm³/mol. The van der Waals surface area contributed by atoms with Gasteiger partial charge in [0.15, 0.2) is 0 Å². The molecule has 0 aromatic heterocycles. The number of nitrogens with zero attached hydrogens (tertiary/aromatic N) is 1. The van der Waals surface area contributed by atoms with Crippen molar-refractivity contribution in [2.75, 3.05) is 37.9 Å². The van der Waals surface area contributed by atoms with Gasteiger partial charge in [-0.25, -0.2) is 0 Å². The average Bonchev–Trinajstić information content (AvgIpc) is 2.34. The van der Waals surface area contributed by atoms with Crippen molar-refractivity contribution in [3.63, 3.8) is 0 Å². The second-order valence-electron chi connectivity index (χ2n) is 2.93. The van der Waals surface area contributed by atoms with Crippen molar-refractivity contribution in [2.24, 2.45) is 0 Å². The molecule has 1 atom stereocenters. The number of anilines is 1. The van der Waals surface area contributed by atoms with Crippen molar-refractivity contribution < 1.29 is 4.74 Å². The van der Waals surface area contributed by atoms with Crippen LogP contribution in [0.25, 0.3) is 0 Å². The van der Waals surface area contributed by atoms with Gasteiger partial charge >= 0.3 is 0 Å². The van der Waals surface area contributed by atoms with E-state index >= 15 is 0 Å². The molecule has 1 fully saturated rings. The highest BCUT2D eigenvalue weighted by Crippen LogP contribution is 2.13. The number of morpholine rings is 1. The van der Waals surface area contributed by atoms with Gasteiger partial charge in [0.2, 0.25) is 0 Å². The summed E-state index contributed by atoms with van der Waals surface area (Å²) in [6.45, 7) is 5.66. The van der Waals surface area contributed by atoms with Crippen LogP contribution in [-0.4, -0.2) is 33.0 Å². The second kappa shape index (κ2) is 6.80. The third-order valence-corrected chi connectivity index (χ3v) is 2.13. The van der Waals surface area contributed by atoms with Gasteiger partial charge in [-0.2, -0.15) is 0 Å². The number of hydrogen-bond acceptors (Lipinski definition) is 2. The lowest BCUT2D eigenvalue weighted by atomic mass is 10.3. The molecule has 0 bridgehead atoms. The summed E-state index contributed by atoms with van der Waals surface area (Å²) in [6, 6.07) is 10.5. The Morgan fingerprint density at radius 3 is 2.21 bits per heavy atom. The summed E-state index contributed by atoms with van der Waals surface area (Å²) in [4.78, 5) is 2.35. The Morgan fingerprint density at radius 1 is 1.07 bits per heavy atom. The molecule has 0 amide bonds. The van der Waals surface area contributed by atoms with Gasteiger partial charge < -0.3 is 9.64 Å². The zero-order chi connectivity index (χ0) is 10.2. The van der Waals surface area contributed by atoms with Crippen LogP contribution in [0.5, 0.6) is 0 Å². The first-order valence-electron chi connectivity index (χ1n) is 4.92. The summed E-state index contributed by atoms with van der Waals surface area (Å²) in [7, 11) is 2.42. The van der Waals surface area contributed by atoms with Crippen molar-refractivity contribution >= 4 is 14.9 Å². The van der Waals surface area contributed by atoms with Gasteiger partial charge in [-0.05, 0) is 12.1 Å². The van der Waals surface area contributed by atoms with Gasteiger partial charge in [0.1, 0.15) is 0 Å². The largest absolute Gasteiger partial charge is 0.378 e. The summed E-state index contributed by atoms with van der Waals surface area (Å²) in [5, 5.41) is 0. The van der Waals surface area contributed by atoms with Gasteiger partial charge in [-0.3, -0.25) is 0 Å². The highest BCUT2D eigenvalue weighted by Gasteiger charge is 2.09. The van der Waals surface area contributed by atoms with Crippen molar-refractivity contribution in [1.82, 2.24) is 0 Å². The zero-order valence-electron chi connectivity index (χ0n) is 8.65. The van der Waals surface area contributed by atoms with Crippen molar-refractivity contribution in [1.29, 1.82) is 0 Å². The monoisotopic (exact) mass is 211 g/mol. The first-order valence-corrected chi connectivity index (χ1v) is 6.08. The van der Waals surface area contributed by atoms with Crippen LogP contribution in [0.15, 0.2) is 30.3 Å². The molecule has 0 aliphatic carbocycles. The molecule has 2 nitrogen and oxygen atoms in total. The molecular weight excluding hydrogens is 193 g/mol. The Morgan fingerprint density at radius 2 is 1.64 bits per heavy atom. The normalized spacial score (nSPS) is 15.7. The minimum absolute atomic E-state index is 0.856. The van der Waals surface area contributed by atoms with Crippen LogP contribution in [0.2, 0.25) is 0 Å². The number of rotatable bonds is 1. The SMILES string of the molecule is CP.c1ccc(N2CCOCC2)cc1. The van der Waals surface area contributed by atoms with E-state index in [1.54, 1.807) is 0 Å². The maximum atomic E-state index is 5.28. The average molecular weight is 211 g/mol. The van der Waals surface area contributed by atoms with E-state index < -0.39 is 0 Å². The summed E-state index contributed by atoms with van der Waals surface area (Å²) in [6.07, 6.45) is 0. The molecule has 1 aromatic rings. The molecule has 1 unspecified atom stereocenters. The molecule has 78 valence electrons. The molecule has 0 spiro atoms. The highest BCUT2D eigenvalue weighted by atomic mass is 31.0. The standard InChI is InChI=1S/C10H13NO.CH5P/c1-2-4-10(5-3-1)11-6-8-12-9-7-11;1-2/h1-5H,6-9H2;2H2,1H3. The van der Waals surface area contributed by atoms with Crippen LogP contribution >= 0.6 is 9.24 Å². The van der Waals surface area contributed by atoms with E-state index in [0.29, 0.717) is 0 Å². The molecule has 2 rings (SSSR count). The molecule has 14 heavy (non-hydrogen) atoms. The maximum absolute atomic E-state index is 5.28. The molecule has 0 saturated carbocycles. The van der Waals surface area contributed by atoms with Crippen molar-refractivity contribution in [3.8, 4) is 0 Å². The lowest BCUT2D eigenvalue weighted by molar-refractivity contribution is 0.122. The van der Waals surface area contributed by atoms with Gasteiger partial charge in [0.25, 0.3) is 0 Å². The summed E-state index contributed by atoms with van der Waals surface area (Å²) in [5.74, 6) is 0. The van der Waals surface area contributed by atoms with Crippen LogP contribution in [-0.2, 0) is 4.74 Å². The van der Waals surface area contributed by atoms with Crippen LogP contribution in [0.3, 0.4) is 0 Å². The van der Waals surface area contributed by atoms with E-state index in [-0.39, 0.29) is 0 Å². The summed E-state index contributed by atoms with van der Waals surface area (Å²) < 4.78 is 5.28. The highest BCUT2D eigenvalue weighted by molar-refractivity contribution is 7.15. The Balaban J connectivity index is 0.000000461. The maximum Gasteiger partial charge on any atom is 0.0642 e. The number of benzene rings is 1.